The topological polar surface area (TPSA) is 39.7 Å². The van der Waals surface area contributed by atoms with Crippen molar-refractivity contribution >= 4 is 19.6 Å². The molecule has 0 unspecified atom stereocenters. The number of fused-ring (bicyclic) bond motifs is 5. The van der Waals surface area contributed by atoms with E-state index in [1.165, 1.54) is 22.3 Å². The maximum Gasteiger partial charge on any atom is 0.258 e. The van der Waals surface area contributed by atoms with Gasteiger partial charge in [0.2, 0.25) is 0 Å². The van der Waals surface area contributed by atoms with Gasteiger partial charge >= 0.3 is 0 Å². The van der Waals surface area contributed by atoms with Gasteiger partial charge in [-0.3, -0.25) is 0 Å². The highest BCUT2D eigenvalue weighted by Gasteiger charge is 2.47. The quantitative estimate of drug-likeness (QED) is 0.422. The molecule has 0 aliphatic carbocycles. The zero-order valence-electron chi connectivity index (χ0n) is 22.6. The Morgan fingerprint density at radius 2 is 1.59 bits per heavy atom. The van der Waals surface area contributed by atoms with Crippen LogP contribution >= 0.6 is 0 Å². The summed E-state index contributed by atoms with van der Waals surface area (Å²) in [5.74, 6) is 2.47. The molecule has 2 aliphatic rings. The van der Waals surface area contributed by atoms with E-state index in [9.17, 15) is 0 Å². The predicted molar refractivity (Wildman–Crippen MR) is 146 cm³/mol. The number of allylic oxidation sites excluding steroid dienone is 1. The molecule has 4 nitrogen and oxygen atoms in total. The van der Waals surface area contributed by atoms with E-state index in [2.05, 4.69) is 91.9 Å². The first kappa shape index (κ1) is 24.7. The van der Waals surface area contributed by atoms with E-state index in [1.54, 1.807) is 7.11 Å². The first-order valence-electron chi connectivity index (χ1n) is 12.6. The Labute approximate surface area is 206 Å². The number of anilines is 1. The molecule has 1 N–H and O–H groups in total. The average molecular weight is 480 g/mol. The minimum Gasteiger partial charge on any atom is -0.540 e. The van der Waals surface area contributed by atoms with E-state index in [-0.39, 0.29) is 5.54 Å². The molecule has 5 heteroatoms. The molecule has 0 fully saturated rings. The van der Waals surface area contributed by atoms with Crippen LogP contribution in [0.25, 0.3) is 16.7 Å². The average Bonchev–Trinajstić information content (AvgIpc) is 2.74. The fourth-order valence-corrected chi connectivity index (χ4v) is 11.7. The number of methoxy groups -OCH3 is 1. The second kappa shape index (κ2) is 8.67. The number of benzene rings is 2. The van der Waals surface area contributed by atoms with Crippen molar-refractivity contribution in [2.75, 3.05) is 12.4 Å². The molecular formula is C29H41NO3Si. The second-order valence-electron chi connectivity index (χ2n) is 11.4. The first-order chi connectivity index (χ1) is 15.9. The lowest BCUT2D eigenvalue weighted by Crippen LogP contribution is -2.50. The number of hydrogen-bond donors (Lipinski definition) is 1. The summed E-state index contributed by atoms with van der Waals surface area (Å²) in [6, 6.07) is 8.51. The molecule has 4 rings (SSSR count). The Morgan fingerprint density at radius 1 is 0.941 bits per heavy atom. The normalized spacial score (nSPS) is 16.3. The van der Waals surface area contributed by atoms with Crippen molar-refractivity contribution in [2.24, 2.45) is 0 Å². The van der Waals surface area contributed by atoms with Crippen LogP contribution < -0.4 is 19.2 Å². The largest absolute Gasteiger partial charge is 0.540 e. The van der Waals surface area contributed by atoms with E-state index < -0.39 is 8.32 Å². The van der Waals surface area contributed by atoms with Gasteiger partial charge in [0.25, 0.3) is 8.32 Å². The van der Waals surface area contributed by atoms with Crippen molar-refractivity contribution in [2.45, 2.75) is 91.1 Å². The third-order valence-corrected chi connectivity index (χ3v) is 13.7. The monoisotopic (exact) mass is 479 g/mol. The van der Waals surface area contributed by atoms with Crippen LogP contribution in [0.15, 0.2) is 30.3 Å². The molecule has 0 saturated carbocycles. The molecule has 2 aliphatic heterocycles. The minimum absolute atomic E-state index is 0.0735. The maximum atomic E-state index is 7.09. The van der Waals surface area contributed by atoms with Gasteiger partial charge < -0.3 is 19.2 Å². The number of rotatable bonds is 6. The smallest absolute Gasteiger partial charge is 0.258 e. The van der Waals surface area contributed by atoms with Crippen LogP contribution in [0.2, 0.25) is 16.6 Å². The summed E-state index contributed by atoms with van der Waals surface area (Å²) < 4.78 is 19.5. The standard InChI is InChI=1S/C29H41NO3Si/c1-17(2)34(18(3)4,19(5)6)33-25-14-13-24-27(28(25)31-10)21-11-12-23-26(22(21)16-32-24)20(7)15-29(8,9)30-23/h11-15,17-19,30H,16H2,1-10H3. The Kier molecular flexibility index (Phi) is 6.30. The lowest BCUT2D eigenvalue weighted by Gasteiger charge is -2.42. The molecule has 0 saturated heterocycles. The van der Waals surface area contributed by atoms with Crippen molar-refractivity contribution in [1.82, 2.24) is 0 Å². The maximum absolute atomic E-state index is 7.09. The van der Waals surface area contributed by atoms with Gasteiger partial charge in [0, 0.05) is 16.8 Å². The van der Waals surface area contributed by atoms with Crippen LogP contribution in [0.4, 0.5) is 5.69 Å². The van der Waals surface area contributed by atoms with Crippen LogP contribution in [0.3, 0.4) is 0 Å². The van der Waals surface area contributed by atoms with Gasteiger partial charge in [-0.25, -0.2) is 0 Å². The minimum atomic E-state index is -2.14. The molecule has 2 aromatic carbocycles. The van der Waals surface area contributed by atoms with Gasteiger partial charge in [0.15, 0.2) is 5.75 Å². The number of nitrogens with one attached hydrogen (secondary N) is 1. The van der Waals surface area contributed by atoms with Gasteiger partial charge in [-0.05, 0) is 66.7 Å². The summed E-state index contributed by atoms with van der Waals surface area (Å²) in [5, 5.41) is 3.67. The van der Waals surface area contributed by atoms with Crippen LogP contribution in [0.1, 0.15) is 73.4 Å². The van der Waals surface area contributed by atoms with Crippen LogP contribution in [-0.2, 0) is 6.61 Å². The van der Waals surface area contributed by atoms with Gasteiger partial charge in [0.1, 0.15) is 18.1 Å². The molecule has 0 amide bonds. The number of hydrogen-bond acceptors (Lipinski definition) is 4. The molecule has 2 aromatic rings. The first-order valence-corrected chi connectivity index (χ1v) is 14.7. The molecule has 34 heavy (non-hydrogen) atoms. The van der Waals surface area contributed by atoms with E-state index in [0.717, 1.165) is 28.5 Å². The third-order valence-electron chi connectivity index (χ3n) is 7.66. The summed E-state index contributed by atoms with van der Waals surface area (Å²) in [7, 11) is -0.399. The van der Waals surface area contributed by atoms with E-state index in [0.29, 0.717) is 23.2 Å². The molecule has 2 heterocycles. The summed E-state index contributed by atoms with van der Waals surface area (Å²) in [6.07, 6.45) is 2.30. The van der Waals surface area contributed by atoms with Gasteiger partial charge in [-0.15, -0.1) is 0 Å². The van der Waals surface area contributed by atoms with Gasteiger partial charge in [-0.1, -0.05) is 53.7 Å². The zero-order chi connectivity index (χ0) is 25.0. The van der Waals surface area contributed by atoms with Gasteiger partial charge in [0.05, 0.1) is 18.2 Å². The summed E-state index contributed by atoms with van der Waals surface area (Å²) in [5.41, 5.74) is 8.42. The lowest BCUT2D eigenvalue weighted by atomic mass is 9.84. The molecule has 0 atom stereocenters. The van der Waals surface area contributed by atoms with Crippen molar-refractivity contribution in [3.63, 3.8) is 0 Å². The molecular weight excluding hydrogens is 438 g/mol. The number of ether oxygens (including phenoxy) is 2. The van der Waals surface area contributed by atoms with Crippen molar-refractivity contribution < 1.29 is 13.9 Å². The Hall–Kier alpha value is -2.40. The van der Waals surface area contributed by atoms with E-state index >= 15 is 0 Å². The van der Waals surface area contributed by atoms with Gasteiger partial charge in [-0.2, -0.15) is 0 Å². The van der Waals surface area contributed by atoms with Crippen LogP contribution in [-0.4, -0.2) is 21.0 Å². The fourth-order valence-electron chi connectivity index (χ4n) is 6.48. The Morgan fingerprint density at radius 3 is 2.18 bits per heavy atom. The Bertz CT molecular complexity index is 1110. The molecule has 0 aromatic heterocycles. The molecule has 0 bridgehead atoms. The Balaban J connectivity index is 1.90. The van der Waals surface area contributed by atoms with E-state index in [4.69, 9.17) is 13.9 Å². The summed E-state index contributed by atoms with van der Waals surface area (Å²) in [6.45, 7) is 21.0. The zero-order valence-corrected chi connectivity index (χ0v) is 23.6. The molecule has 0 spiro atoms. The van der Waals surface area contributed by atoms with Crippen LogP contribution in [0, 0.1) is 0 Å². The molecule has 184 valence electrons. The fraction of sp³-hybridized carbons (Fsp3) is 0.517. The third kappa shape index (κ3) is 3.82. The van der Waals surface area contributed by atoms with Crippen molar-refractivity contribution in [3.05, 3.63) is 41.5 Å². The van der Waals surface area contributed by atoms with Crippen molar-refractivity contribution in [3.8, 4) is 28.4 Å². The highest BCUT2D eigenvalue weighted by atomic mass is 28.4. The lowest BCUT2D eigenvalue weighted by molar-refractivity contribution is 0.297. The second-order valence-corrected chi connectivity index (χ2v) is 16.7. The van der Waals surface area contributed by atoms with Crippen LogP contribution in [0.5, 0.6) is 17.2 Å². The highest BCUT2D eigenvalue weighted by molar-refractivity contribution is 6.78. The van der Waals surface area contributed by atoms with Crippen molar-refractivity contribution in [1.29, 1.82) is 0 Å². The summed E-state index contributed by atoms with van der Waals surface area (Å²) >= 11 is 0. The predicted octanol–water partition coefficient (Wildman–Crippen LogP) is 8.42. The highest BCUT2D eigenvalue weighted by Crippen LogP contribution is 2.53. The van der Waals surface area contributed by atoms with E-state index in [1.807, 2.05) is 6.07 Å². The SMILES string of the molecule is COc1c(O[Si](C(C)C)(C(C)C)C(C)C)ccc2c1-c1ccc3c(c1CO2)C(C)=CC(C)(C)N3. The molecule has 0 radical (unpaired) electrons. The summed E-state index contributed by atoms with van der Waals surface area (Å²) in [4.78, 5) is 0.